The Morgan fingerprint density at radius 2 is 1.73 bits per heavy atom. The van der Waals surface area contributed by atoms with Crippen molar-refractivity contribution in [3.05, 3.63) is 71.3 Å². The van der Waals surface area contributed by atoms with Crippen LogP contribution in [0.1, 0.15) is 37.5 Å². The van der Waals surface area contributed by atoms with E-state index in [0.717, 1.165) is 29.2 Å². The zero-order valence-electron chi connectivity index (χ0n) is 18.7. The minimum atomic E-state index is -0.430. The molecule has 0 radical (unpaired) electrons. The van der Waals surface area contributed by atoms with Crippen molar-refractivity contribution in [3.63, 3.8) is 0 Å². The topological polar surface area (TPSA) is 52.7 Å². The van der Waals surface area contributed by atoms with Crippen molar-refractivity contribution in [2.24, 2.45) is 0 Å². The lowest BCUT2D eigenvalue weighted by Gasteiger charge is -2.26. The molecule has 5 heteroatoms. The van der Waals surface area contributed by atoms with Gasteiger partial charge in [0.2, 0.25) is 5.88 Å². The summed E-state index contributed by atoms with van der Waals surface area (Å²) in [5, 5.41) is 14.6. The summed E-state index contributed by atoms with van der Waals surface area (Å²) in [5.41, 5.74) is 5.41. The minimum absolute atomic E-state index is 0.280. The number of aliphatic hydroxyl groups is 1. The second-order valence-corrected chi connectivity index (χ2v) is 8.39. The maximum absolute atomic E-state index is 10.1. The summed E-state index contributed by atoms with van der Waals surface area (Å²) < 4.78 is 5.84. The average Bonchev–Trinajstić information content (AvgIpc) is 3.10. The van der Waals surface area contributed by atoms with Crippen LogP contribution in [0.3, 0.4) is 0 Å². The molecule has 5 nitrogen and oxygen atoms in total. The van der Waals surface area contributed by atoms with Crippen LogP contribution in [0.5, 0.6) is 0 Å². The summed E-state index contributed by atoms with van der Waals surface area (Å²) >= 11 is 0. The molecular formula is C25H33N3O2. The molecule has 0 aliphatic rings. The van der Waals surface area contributed by atoms with Crippen molar-refractivity contribution in [2.45, 2.75) is 52.9 Å². The number of hydrogen-bond acceptors (Lipinski definition) is 5. The molecule has 0 bridgehead atoms. The van der Waals surface area contributed by atoms with E-state index in [1.54, 1.807) is 0 Å². The normalized spacial score (nSPS) is 12.5. The molecule has 1 aromatic heterocycles. The summed E-state index contributed by atoms with van der Waals surface area (Å²) in [7, 11) is 2.03. The highest BCUT2D eigenvalue weighted by Crippen LogP contribution is 2.33. The third kappa shape index (κ3) is 5.49. The Kier molecular flexibility index (Phi) is 7.29. The lowest BCUT2D eigenvalue weighted by atomic mass is 10.1. The van der Waals surface area contributed by atoms with Crippen molar-refractivity contribution in [3.8, 4) is 11.3 Å². The molecule has 3 rings (SSSR count). The van der Waals surface area contributed by atoms with Crippen molar-refractivity contribution in [1.29, 1.82) is 0 Å². The quantitative estimate of drug-likeness (QED) is 0.548. The first-order chi connectivity index (χ1) is 14.3. The van der Waals surface area contributed by atoms with Gasteiger partial charge in [0, 0.05) is 38.3 Å². The number of rotatable bonds is 9. The summed E-state index contributed by atoms with van der Waals surface area (Å²) in [5.74, 6) is 0.781. The zero-order valence-corrected chi connectivity index (χ0v) is 18.7. The highest BCUT2D eigenvalue weighted by Gasteiger charge is 2.24. The van der Waals surface area contributed by atoms with Crippen molar-refractivity contribution in [2.75, 3.05) is 18.5 Å². The summed E-state index contributed by atoms with van der Waals surface area (Å²) in [6.45, 7) is 10.2. The van der Waals surface area contributed by atoms with E-state index in [0.29, 0.717) is 13.1 Å². The molecule has 1 N–H and O–H groups in total. The van der Waals surface area contributed by atoms with Gasteiger partial charge < -0.3 is 14.5 Å². The van der Waals surface area contributed by atoms with E-state index in [4.69, 9.17) is 4.52 Å². The Hall–Kier alpha value is -2.63. The molecule has 0 amide bonds. The molecule has 3 aromatic rings. The standard InChI is InChI=1S/C25H33N3O2/c1-18(2)27(5)25-23(24(26-30-25)22-12-7-6-8-13-22)17-28(15-20(4)29)16-21-11-9-10-19(3)14-21/h6-14,18,20,29H,15-17H2,1-5H3. The van der Waals surface area contributed by atoms with E-state index < -0.39 is 6.10 Å². The molecule has 0 aliphatic carbocycles. The Morgan fingerprint density at radius 1 is 1.00 bits per heavy atom. The van der Waals surface area contributed by atoms with E-state index in [1.165, 1.54) is 11.1 Å². The van der Waals surface area contributed by atoms with Gasteiger partial charge >= 0.3 is 0 Å². The van der Waals surface area contributed by atoms with Gasteiger partial charge in [-0.25, -0.2) is 0 Å². The average molecular weight is 408 g/mol. The van der Waals surface area contributed by atoms with E-state index in [9.17, 15) is 5.11 Å². The number of hydrogen-bond donors (Lipinski definition) is 1. The molecule has 2 aromatic carbocycles. The van der Waals surface area contributed by atoms with Gasteiger partial charge in [-0.2, -0.15) is 0 Å². The smallest absolute Gasteiger partial charge is 0.232 e. The molecule has 0 spiro atoms. The minimum Gasteiger partial charge on any atom is -0.392 e. The molecule has 1 atom stereocenters. The van der Waals surface area contributed by atoms with Gasteiger partial charge in [0.25, 0.3) is 0 Å². The van der Waals surface area contributed by atoms with Crippen LogP contribution in [0.2, 0.25) is 0 Å². The van der Waals surface area contributed by atoms with E-state index in [1.807, 2.05) is 32.2 Å². The molecule has 160 valence electrons. The maximum atomic E-state index is 10.1. The van der Waals surface area contributed by atoms with Crippen LogP contribution >= 0.6 is 0 Å². The molecule has 1 heterocycles. The van der Waals surface area contributed by atoms with E-state index >= 15 is 0 Å². The summed E-state index contributed by atoms with van der Waals surface area (Å²) in [6.07, 6.45) is -0.430. The third-order valence-corrected chi connectivity index (χ3v) is 5.30. The molecule has 1 unspecified atom stereocenters. The van der Waals surface area contributed by atoms with Crippen molar-refractivity contribution < 1.29 is 9.63 Å². The molecule has 0 fully saturated rings. The number of nitrogens with zero attached hydrogens (tertiary/aromatic N) is 3. The van der Waals surface area contributed by atoms with Gasteiger partial charge in [0.1, 0.15) is 5.69 Å². The SMILES string of the molecule is Cc1cccc(CN(Cc2c(-c3ccccc3)noc2N(C)C(C)C)CC(C)O)c1. The number of anilines is 1. The Bertz CT molecular complexity index is 935. The maximum Gasteiger partial charge on any atom is 0.232 e. The number of aryl methyl sites for hydroxylation is 1. The molecule has 0 aliphatic heterocycles. The lowest BCUT2D eigenvalue weighted by Crippen LogP contribution is -2.32. The molecule has 0 saturated carbocycles. The van der Waals surface area contributed by atoms with Gasteiger partial charge in [0.15, 0.2) is 0 Å². The second kappa shape index (κ2) is 9.92. The van der Waals surface area contributed by atoms with Crippen LogP contribution in [0, 0.1) is 6.92 Å². The number of benzene rings is 2. The van der Waals surface area contributed by atoms with Crippen molar-refractivity contribution >= 4 is 5.88 Å². The van der Waals surface area contributed by atoms with Crippen LogP contribution in [0.4, 0.5) is 5.88 Å². The van der Waals surface area contributed by atoms with Crippen molar-refractivity contribution in [1.82, 2.24) is 10.1 Å². The van der Waals surface area contributed by atoms with Crippen LogP contribution in [-0.2, 0) is 13.1 Å². The van der Waals surface area contributed by atoms with Crippen LogP contribution in [0.15, 0.2) is 59.1 Å². The van der Waals surface area contributed by atoms with Crippen LogP contribution in [-0.4, -0.2) is 40.9 Å². The number of aromatic nitrogens is 1. The van der Waals surface area contributed by atoms with Gasteiger partial charge in [-0.1, -0.05) is 65.3 Å². The zero-order chi connectivity index (χ0) is 21.7. The van der Waals surface area contributed by atoms with Gasteiger partial charge in [-0.3, -0.25) is 4.90 Å². The lowest BCUT2D eigenvalue weighted by molar-refractivity contribution is 0.118. The Labute approximate surface area is 179 Å². The Morgan fingerprint density at radius 3 is 2.37 bits per heavy atom. The first-order valence-corrected chi connectivity index (χ1v) is 10.6. The fourth-order valence-electron chi connectivity index (χ4n) is 3.63. The first-order valence-electron chi connectivity index (χ1n) is 10.6. The van der Waals surface area contributed by atoms with Gasteiger partial charge in [-0.05, 0) is 33.3 Å². The second-order valence-electron chi connectivity index (χ2n) is 8.39. The fourth-order valence-corrected chi connectivity index (χ4v) is 3.63. The predicted octanol–water partition coefficient (Wildman–Crippen LogP) is 4.88. The molecule has 30 heavy (non-hydrogen) atoms. The fraction of sp³-hybridized carbons (Fsp3) is 0.400. The highest BCUT2D eigenvalue weighted by atomic mass is 16.5. The monoisotopic (exact) mass is 407 g/mol. The summed E-state index contributed by atoms with van der Waals surface area (Å²) in [6, 6.07) is 18.9. The van der Waals surface area contributed by atoms with Gasteiger partial charge in [0.05, 0.1) is 11.7 Å². The third-order valence-electron chi connectivity index (χ3n) is 5.30. The highest BCUT2D eigenvalue weighted by molar-refractivity contribution is 5.68. The molecular weight excluding hydrogens is 374 g/mol. The first kappa shape index (κ1) is 22.1. The summed E-state index contributed by atoms with van der Waals surface area (Å²) in [4.78, 5) is 4.37. The van der Waals surface area contributed by atoms with Gasteiger partial charge in [-0.15, -0.1) is 0 Å². The van der Waals surface area contributed by atoms with Crippen LogP contribution in [0.25, 0.3) is 11.3 Å². The van der Waals surface area contributed by atoms with E-state index in [-0.39, 0.29) is 6.04 Å². The predicted molar refractivity (Wildman–Crippen MR) is 122 cm³/mol. The largest absolute Gasteiger partial charge is 0.392 e. The van der Waals surface area contributed by atoms with Crippen LogP contribution < -0.4 is 4.90 Å². The number of aliphatic hydroxyl groups excluding tert-OH is 1. The van der Waals surface area contributed by atoms with E-state index in [2.05, 4.69) is 72.1 Å². The molecule has 0 saturated heterocycles. The Balaban J connectivity index is 1.98.